The molecule has 2 unspecified atom stereocenters. The lowest BCUT2D eigenvalue weighted by atomic mass is 9.93. The number of aromatic nitrogens is 2. The van der Waals surface area contributed by atoms with Gasteiger partial charge >= 0.3 is 0 Å². The molecule has 0 aliphatic heterocycles. The van der Waals surface area contributed by atoms with E-state index in [1.165, 1.54) is 12.4 Å². The van der Waals surface area contributed by atoms with Crippen LogP contribution in [0.25, 0.3) is 0 Å². The van der Waals surface area contributed by atoms with Crippen molar-refractivity contribution in [2.45, 2.75) is 37.8 Å². The summed E-state index contributed by atoms with van der Waals surface area (Å²) >= 11 is 0. The molecule has 1 fully saturated rings. The highest BCUT2D eigenvalue weighted by Crippen LogP contribution is 2.20. The van der Waals surface area contributed by atoms with Gasteiger partial charge in [-0.2, -0.15) is 0 Å². The van der Waals surface area contributed by atoms with Gasteiger partial charge in [0.1, 0.15) is 0 Å². The number of aliphatic hydroxyl groups is 1. The molecule has 0 aromatic carbocycles. The van der Waals surface area contributed by atoms with Gasteiger partial charge in [0.05, 0.1) is 12.1 Å². The molecule has 82 valence electrons. The number of hydrogen-bond donors (Lipinski definition) is 3. The van der Waals surface area contributed by atoms with Crippen LogP contribution in [0.4, 0.5) is 5.82 Å². The Morgan fingerprint density at radius 1 is 1.47 bits per heavy atom. The van der Waals surface area contributed by atoms with Gasteiger partial charge in [0.2, 0.25) is 0 Å². The number of H-pyrrole nitrogens is 1. The summed E-state index contributed by atoms with van der Waals surface area (Å²) in [5.74, 6) is 0.295. The first-order chi connectivity index (χ1) is 7.27. The van der Waals surface area contributed by atoms with E-state index in [4.69, 9.17) is 0 Å². The van der Waals surface area contributed by atoms with Crippen molar-refractivity contribution >= 4 is 5.82 Å². The number of rotatable bonds is 2. The fraction of sp³-hybridized carbons (Fsp3) is 0.600. The van der Waals surface area contributed by atoms with Crippen LogP contribution in [0, 0.1) is 0 Å². The number of nitrogens with one attached hydrogen (secondary N) is 2. The molecule has 1 saturated carbocycles. The standard InChI is InChI=1S/C10H15N3O2/c14-8-4-2-1-3-7(8)13-9-10(15)12-6-5-11-9/h5-8,14H,1-4H2,(H,11,13)(H,12,15). The van der Waals surface area contributed by atoms with E-state index in [0.29, 0.717) is 5.82 Å². The van der Waals surface area contributed by atoms with Crippen LogP contribution in [0.1, 0.15) is 25.7 Å². The first-order valence-corrected chi connectivity index (χ1v) is 5.25. The molecule has 1 heterocycles. The molecule has 15 heavy (non-hydrogen) atoms. The third-order valence-corrected chi connectivity index (χ3v) is 2.76. The second-order valence-corrected chi connectivity index (χ2v) is 3.87. The van der Waals surface area contributed by atoms with Gasteiger partial charge in [0, 0.05) is 12.4 Å². The van der Waals surface area contributed by atoms with Crippen molar-refractivity contribution in [3.8, 4) is 0 Å². The van der Waals surface area contributed by atoms with Crippen LogP contribution in [0.2, 0.25) is 0 Å². The maximum Gasteiger partial charge on any atom is 0.290 e. The molecule has 0 saturated heterocycles. The zero-order valence-electron chi connectivity index (χ0n) is 8.44. The number of anilines is 1. The maximum absolute atomic E-state index is 11.3. The smallest absolute Gasteiger partial charge is 0.290 e. The van der Waals surface area contributed by atoms with Gasteiger partial charge in [-0.15, -0.1) is 0 Å². The van der Waals surface area contributed by atoms with E-state index in [1.54, 1.807) is 0 Å². The van der Waals surface area contributed by atoms with Crippen molar-refractivity contribution in [1.29, 1.82) is 0 Å². The molecule has 1 aromatic heterocycles. The summed E-state index contributed by atoms with van der Waals surface area (Å²) in [5, 5.41) is 12.7. The van der Waals surface area contributed by atoms with Gasteiger partial charge in [-0.1, -0.05) is 12.8 Å². The van der Waals surface area contributed by atoms with Crippen LogP contribution in [0.3, 0.4) is 0 Å². The first-order valence-electron chi connectivity index (χ1n) is 5.25. The summed E-state index contributed by atoms with van der Waals surface area (Å²) in [6.07, 6.45) is 6.46. The molecule has 0 amide bonds. The topological polar surface area (TPSA) is 78.0 Å². The van der Waals surface area contributed by atoms with Crippen molar-refractivity contribution < 1.29 is 5.11 Å². The maximum atomic E-state index is 11.3. The minimum atomic E-state index is -0.375. The largest absolute Gasteiger partial charge is 0.391 e. The molecule has 0 radical (unpaired) electrons. The lowest BCUT2D eigenvalue weighted by Crippen LogP contribution is -2.38. The third kappa shape index (κ3) is 2.36. The summed E-state index contributed by atoms with van der Waals surface area (Å²) < 4.78 is 0. The molecule has 0 spiro atoms. The molecule has 3 N–H and O–H groups in total. The molecule has 1 aromatic rings. The summed E-state index contributed by atoms with van der Waals surface area (Å²) in [4.78, 5) is 17.8. The lowest BCUT2D eigenvalue weighted by molar-refractivity contribution is 0.116. The fourth-order valence-corrected chi connectivity index (χ4v) is 1.91. The normalized spacial score (nSPS) is 26.2. The average molecular weight is 209 g/mol. The Balaban J connectivity index is 2.08. The Bertz CT molecular complexity index is 377. The second-order valence-electron chi connectivity index (χ2n) is 3.87. The molecule has 2 rings (SSSR count). The second kappa shape index (κ2) is 4.44. The Labute approximate surface area is 87.6 Å². The average Bonchev–Trinajstić information content (AvgIpc) is 2.24. The van der Waals surface area contributed by atoms with E-state index in [1.807, 2.05) is 0 Å². The Morgan fingerprint density at radius 2 is 2.27 bits per heavy atom. The van der Waals surface area contributed by atoms with E-state index in [9.17, 15) is 9.90 Å². The van der Waals surface area contributed by atoms with E-state index < -0.39 is 0 Å². The van der Waals surface area contributed by atoms with Crippen molar-refractivity contribution in [2.75, 3.05) is 5.32 Å². The first kappa shape index (κ1) is 10.2. The third-order valence-electron chi connectivity index (χ3n) is 2.76. The van der Waals surface area contributed by atoms with E-state index in [0.717, 1.165) is 25.7 Å². The van der Waals surface area contributed by atoms with Crippen LogP contribution in [-0.4, -0.2) is 27.2 Å². The SMILES string of the molecule is O=c1[nH]ccnc1NC1CCCCC1O. The highest BCUT2D eigenvalue weighted by atomic mass is 16.3. The molecule has 2 atom stereocenters. The molecule has 1 aliphatic carbocycles. The zero-order valence-corrected chi connectivity index (χ0v) is 8.44. The van der Waals surface area contributed by atoms with Gasteiger partial charge in [-0.3, -0.25) is 4.79 Å². The summed E-state index contributed by atoms with van der Waals surface area (Å²) in [6.45, 7) is 0. The number of hydrogen-bond acceptors (Lipinski definition) is 4. The van der Waals surface area contributed by atoms with Crippen molar-refractivity contribution in [1.82, 2.24) is 9.97 Å². The lowest BCUT2D eigenvalue weighted by Gasteiger charge is -2.28. The van der Waals surface area contributed by atoms with Crippen molar-refractivity contribution in [3.05, 3.63) is 22.7 Å². The summed E-state index contributed by atoms with van der Waals surface area (Å²) in [6, 6.07) is -0.0465. The molecule has 5 heteroatoms. The number of aliphatic hydroxyl groups excluding tert-OH is 1. The highest BCUT2D eigenvalue weighted by Gasteiger charge is 2.23. The minimum absolute atomic E-state index is 0.0465. The van der Waals surface area contributed by atoms with Gasteiger partial charge in [0.15, 0.2) is 5.82 Å². The van der Waals surface area contributed by atoms with Crippen LogP contribution in [-0.2, 0) is 0 Å². The van der Waals surface area contributed by atoms with E-state index in [2.05, 4.69) is 15.3 Å². The van der Waals surface area contributed by atoms with E-state index >= 15 is 0 Å². The monoisotopic (exact) mass is 209 g/mol. The van der Waals surface area contributed by atoms with Crippen molar-refractivity contribution in [2.24, 2.45) is 0 Å². The van der Waals surface area contributed by atoms with Crippen molar-refractivity contribution in [3.63, 3.8) is 0 Å². The predicted octanol–water partition coefficient (Wildman–Crippen LogP) is 0.485. The van der Waals surface area contributed by atoms with E-state index in [-0.39, 0.29) is 17.7 Å². The quantitative estimate of drug-likeness (QED) is 0.662. The molecule has 0 bridgehead atoms. The minimum Gasteiger partial charge on any atom is -0.391 e. The highest BCUT2D eigenvalue weighted by molar-refractivity contribution is 5.32. The van der Waals surface area contributed by atoms with Crippen LogP contribution in [0.15, 0.2) is 17.2 Å². The van der Waals surface area contributed by atoms with Crippen LogP contribution < -0.4 is 10.9 Å². The summed E-state index contributed by atoms with van der Waals surface area (Å²) in [5.41, 5.74) is -0.240. The van der Waals surface area contributed by atoms with Crippen LogP contribution >= 0.6 is 0 Å². The molecular weight excluding hydrogens is 194 g/mol. The van der Waals surface area contributed by atoms with Gasteiger partial charge in [-0.25, -0.2) is 4.98 Å². The predicted molar refractivity (Wildman–Crippen MR) is 56.7 cm³/mol. The van der Waals surface area contributed by atoms with Gasteiger partial charge in [0.25, 0.3) is 5.56 Å². The van der Waals surface area contributed by atoms with Gasteiger partial charge < -0.3 is 15.4 Å². The van der Waals surface area contributed by atoms with Crippen LogP contribution in [0.5, 0.6) is 0 Å². The molecule has 5 nitrogen and oxygen atoms in total. The molecular formula is C10H15N3O2. The Kier molecular flexibility index (Phi) is 3.01. The number of nitrogens with zero attached hydrogens (tertiary/aromatic N) is 1. The number of aromatic amines is 1. The Morgan fingerprint density at radius 3 is 3.00 bits per heavy atom. The fourth-order valence-electron chi connectivity index (χ4n) is 1.91. The Hall–Kier alpha value is -1.36. The zero-order chi connectivity index (χ0) is 10.7. The van der Waals surface area contributed by atoms with Gasteiger partial charge in [-0.05, 0) is 12.8 Å². The molecule has 1 aliphatic rings. The summed E-state index contributed by atoms with van der Waals surface area (Å²) in [7, 11) is 0.